The number of carbonyl (C=O) groups is 1. The van der Waals surface area contributed by atoms with Gasteiger partial charge >= 0.3 is 0 Å². The molecule has 136 valence electrons. The van der Waals surface area contributed by atoms with Gasteiger partial charge in [0.05, 0.1) is 14.2 Å². The summed E-state index contributed by atoms with van der Waals surface area (Å²) >= 11 is 0. The van der Waals surface area contributed by atoms with Crippen LogP contribution in [0.1, 0.15) is 15.9 Å². The number of amides is 1. The summed E-state index contributed by atoms with van der Waals surface area (Å²) in [4.78, 5) is 15.5. The predicted molar refractivity (Wildman–Crippen MR) is 102 cm³/mol. The standard InChI is InChI=1S/C20H23N3O3/c1-25-18-8-7-14(11-19(18)26-2)20(24)22-10-9-21-12-15-13-23-17-6-4-3-5-16(15)17/h3-8,11,13,21,23H,9-10,12H2,1-2H3,(H,22,24). The van der Waals surface area contributed by atoms with Gasteiger partial charge in [-0.05, 0) is 29.8 Å². The fraction of sp³-hybridized carbons (Fsp3) is 0.250. The molecule has 0 aliphatic carbocycles. The highest BCUT2D eigenvalue weighted by Crippen LogP contribution is 2.27. The third-order valence-corrected chi connectivity index (χ3v) is 4.22. The number of ether oxygens (including phenoxy) is 2. The largest absolute Gasteiger partial charge is 0.493 e. The van der Waals surface area contributed by atoms with Crippen LogP contribution in [-0.2, 0) is 6.54 Å². The van der Waals surface area contributed by atoms with Gasteiger partial charge in [-0.3, -0.25) is 4.79 Å². The molecule has 0 radical (unpaired) electrons. The first-order chi connectivity index (χ1) is 12.7. The first kappa shape index (κ1) is 17.8. The summed E-state index contributed by atoms with van der Waals surface area (Å²) in [5.41, 5.74) is 2.89. The third-order valence-electron chi connectivity index (χ3n) is 4.22. The van der Waals surface area contributed by atoms with Gasteiger partial charge in [-0.1, -0.05) is 18.2 Å². The Kier molecular flexibility index (Phi) is 5.76. The highest BCUT2D eigenvalue weighted by Gasteiger charge is 2.10. The normalized spacial score (nSPS) is 10.7. The van der Waals surface area contributed by atoms with E-state index in [2.05, 4.69) is 27.8 Å². The van der Waals surface area contributed by atoms with Gasteiger partial charge in [0, 0.05) is 42.3 Å². The zero-order valence-corrected chi connectivity index (χ0v) is 15.0. The Hall–Kier alpha value is -2.99. The molecule has 1 amide bonds. The number of hydrogen-bond donors (Lipinski definition) is 3. The van der Waals surface area contributed by atoms with Gasteiger partial charge in [0.25, 0.3) is 5.91 Å². The Labute approximate surface area is 152 Å². The van der Waals surface area contributed by atoms with E-state index in [0.29, 0.717) is 30.2 Å². The molecule has 0 bridgehead atoms. The van der Waals surface area contributed by atoms with Crippen LogP contribution in [0.4, 0.5) is 0 Å². The number of H-pyrrole nitrogens is 1. The van der Waals surface area contributed by atoms with Crippen LogP contribution >= 0.6 is 0 Å². The molecule has 0 aliphatic rings. The van der Waals surface area contributed by atoms with Gasteiger partial charge in [0.15, 0.2) is 11.5 Å². The monoisotopic (exact) mass is 353 g/mol. The lowest BCUT2D eigenvalue weighted by molar-refractivity contribution is 0.0953. The van der Waals surface area contributed by atoms with Crippen molar-refractivity contribution in [2.45, 2.75) is 6.54 Å². The molecule has 1 aromatic heterocycles. The number of carbonyl (C=O) groups excluding carboxylic acids is 1. The summed E-state index contributed by atoms with van der Waals surface area (Å²) in [6.45, 7) is 1.96. The number of nitrogens with one attached hydrogen (secondary N) is 3. The van der Waals surface area contributed by atoms with Gasteiger partial charge in [-0.2, -0.15) is 0 Å². The fourth-order valence-corrected chi connectivity index (χ4v) is 2.84. The van der Waals surface area contributed by atoms with E-state index in [1.165, 1.54) is 10.9 Å². The number of rotatable bonds is 8. The minimum absolute atomic E-state index is 0.139. The van der Waals surface area contributed by atoms with Crippen LogP contribution < -0.4 is 20.1 Å². The summed E-state index contributed by atoms with van der Waals surface area (Å²) in [5, 5.41) is 7.46. The van der Waals surface area contributed by atoms with E-state index < -0.39 is 0 Å². The van der Waals surface area contributed by atoms with Crippen LogP contribution in [-0.4, -0.2) is 38.2 Å². The van der Waals surface area contributed by atoms with E-state index in [1.54, 1.807) is 32.4 Å². The second kappa shape index (κ2) is 8.40. The molecule has 26 heavy (non-hydrogen) atoms. The van der Waals surface area contributed by atoms with Crippen molar-refractivity contribution in [3.8, 4) is 11.5 Å². The molecule has 3 aromatic rings. The first-order valence-corrected chi connectivity index (χ1v) is 8.49. The lowest BCUT2D eigenvalue weighted by atomic mass is 10.2. The molecule has 2 aromatic carbocycles. The molecular formula is C20H23N3O3. The van der Waals surface area contributed by atoms with E-state index in [-0.39, 0.29) is 5.91 Å². The lowest BCUT2D eigenvalue weighted by Crippen LogP contribution is -2.31. The van der Waals surface area contributed by atoms with Crippen LogP contribution in [0.25, 0.3) is 10.9 Å². The summed E-state index contributed by atoms with van der Waals surface area (Å²) < 4.78 is 10.4. The van der Waals surface area contributed by atoms with E-state index in [9.17, 15) is 4.79 Å². The number of hydrogen-bond acceptors (Lipinski definition) is 4. The fourth-order valence-electron chi connectivity index (χ4n) is 2.84. The molecule has 0 saturated carbocycles. The highest BCUT2D eigenvalue weighted by atomic mass is 16.5. The summed E-state index contributed by atoms with van der Waals surface area (Å²) in [7, 11) is 3.12. The average molecular weight is 353 g/mol. The number of para-hydroxylation sites is 1. The predicted octanol–water partition coefficient (Wildman–Crippen LogP) is 2.70. The minimum Gasteiger partial charge on any atom is -0.493 e. The van der Waals surface area contributed by atoms with Crippen molar-refractivity contribution in [2.75, 3.05) is 27.3 Å². The quantitative estimate of drug-likeness (QED) is 0.544. The molecule has 0 saturated heterocycles. The maximum Gasteiger partial charge on any atom is 0.251 e. The van der Waals surface area contributed by atoms with E-state index in [4.69, 9.17) is 9.47 Å². The summed E-state index contributed by atoms with van der Waals surface area (Å²) in [5.74, 6) is 1.00. The van der Waals surface area contributed by atoms with Gasteiger partial charge < -0.3 is 25.1 Å². The summed E-state index contributed by atoms with van der Waals surface area (Å²) in [6.07, 6.45) is 2.01. The Balaban J connectivity index is 1.47. The Bertz CT molecular complexity index is 889. The Morgan fingerprint density at radius 1 is 1.04 bits per heavy atom. The van der Waals surface area contributed by atoms with Crippen molar-refractivity contribution in [1.29, 1.82) is 0 Å². The highest BCUT2D eigenvalue weighted by molar-refractivity contribution is 5.94. The SMILES string of the molecule is COc1ccc(C(=O)NCCNCc2c[nH]c3ccccc23)cc1OC. The van der Waals surface area contributed by atoms with Crippen molar-refractivity contribution in [2.24, 2.45) is 0 Å². The Morgan fingerprint density at radius 3 is 2.65 bits per heavy atom. The zero-order chi connectivity index (χ0) is 18.4. The van der Waals surface area contributed by atoms with Gasteiger partial charge in [-0.15, -0.1) is 0 Å². The number of benzene rings is 2. The van der Waals surface area contributed by atoms with E-state index in [0.717, 1.165) is 12.1 Å². The number of methoxy groups -OCH3 is 2. The van der Waals surface area contributed by atoms with Gasteiger partial charge in [-0.25, -0.2) is 0 Å². The van der Waals surface area contributed by atoms with Crippen LogP contribution in [0.2, 0.25) is 0 Å². The second-order valence-electron chi connectivity index (χ2n) is 5.86. The Morgan fingerprint density at radius 2 is 1.85 bits per heavy atom. The number of aromatic nitrogens is 1. The second-order valence-corrected chi connectivity index (χ2v) is 5.86. The van der Waals surface area contributed by atoms with Crippen molar-refractivity contribution in [1.82, 2.24) is 15.6 Å². The maximum atomic E-state index is 12.2. The topological polar surface area (TPSA) is 75.4 Å². The van der Waals surface area contributed by atoms with E-state index in [1.807, 2.05) is 18.3 Å². The number of aromatic amines is 1. The lowest BCUT2D eigenvalue weighted by Gasteiger charge is -2.10. The third kappa shape index (κ3) is 3.97. The molecule has 0 spiro atoms. The molecule has 3 N–H and O–H groups in total. The van der Waals surface area contributed by atoms with Crippen LogP contribution in [0.15, 0.2) is 48.7 Å². The molecule has 3 rings (SSSR count). The molecule has 0 fully saturated rings. The molecule has 1 heterocycles. The zero-order valence-electron chi connectivity index (χ0n) is 15.0. The van der Waals surface area contributed by atoms with Crippen LogP contribution in [0, 0.1) is 0 Å². The van der Waals surface area contributed by atoms with Gasteiger partial charge in [0.1, 0.15) is 0 Å². The van der Waals surface area contributed by atoms with E-state index >= 15 is 0 Å². The van der Waals surface area contributed by atoms with Crippen molar-refractivity contribution in [3.63, 3.8) is 0 Å². The number of fused-ring (bicyclic) bond motifs is 1. The molecule has 0 unspecified atom stereocenters. The van der Waals surface area contributed by atoms with Crippen molar-refractivity contribution < 1.29 is 14.3 Å². The maximum absolute atomic E-state index is 12.2. The van der Waals surface area contributed by atoms with Gasteiger partial charge in [0.2, 0.25) is 0 Å². The molecule has 0 atom stereocenters. The average Bonchev–Trinajstić information content (AvgIpc) is 3.10. The van der Waals surface area contributed by atoms with Crippen molar-refractivity contribution in [3.05, 3.63) is 59.8 Å². The molecule has 6 nitrogen and oxygen atoms in total. The summed E-state index contributed by atoms with van der Waals surface area (Å²) in [6, 6.07) is 13.3. The smallest absolute Gasteiger partial charge is 0.251 e. The molecular weight excluding hydrogens is 330 g/mol. The molecule has 6 heteroatoms. The molecule has 0 aliphatic heterocycles. The first-order valence-electron chi connectivity index (χ1n) is 8.49. The van der Waals surface area contributed by atoms with Crippen molar-refractivity contribution >= 4 is 16.8 Å². The van der Waals surface area contributed by atoms with Crippen LogP contribution in [0.3, 0.4) is 0 Å². The minimum atomic E-state index is -0.139. The van der Waals surface area contributed by atoms with Crippen LogP contribution in [0.5, 0.6) is 11.5 Å².